The lowest BCUT2D eigenvalue weighted by Crippen LogP contribution is -2.30. The van der Waals surface area contributed by atoms with E-state index in [1.54, 1.807) is 18.2 Å². The number of carbonyl (C=O) groups is 1. The summed E-state index contributed by atoms with van der Waals surface area (Å²) in [5.41, 5.74) is -1.47. The highest BCUT2D eigenvalue weighted by Crippen LogP contribution is 2.82. The van der Waals surface area contributed by atoms with Gasteiger partial charge in [-0.15, -0.1) is 0 Å². The lowest BCUT2D eigenvalue weighted by Gasteiger charge is -2.23. The molecule has 0 amide bonds. The van der Waals surface area contributed by atoms with Gasteiger partial charge in [-0.05, 0) is 40.7 Å². The number of rotatable bonds is 5. The second-order valence-electron chi connectivity index (χ2n) is 7.91. The van der Waals surface area contributed by atoms with Gasteiger partial charge in [-0.3, -0.25) is 4.79 Å². The van der Waals surface area contributed by atoms with E-state index in [0.717, 1.165) is 0 Å². The molecule has 1 aliphatic carbocycles. The molecule has 0 saturated heterocycles. The Balaban J connectivity index is 2.01. The molecule has 0 bridgehead atoms. The van der Waals surface area contributed by atoms with Crippen molar-refractivity contribution in [3.63, 3.8) is 0 Å². The van der Waals surface area contributed by atoms with Crippen molar-refractivity contribution in [3.8, 4) is 17.6 Å². The number of para-hydroxylation sites is 1. The van der Waals surface area contributed by atoms with Crippen molar-refractivity contribution in [1.29, 1.82) is 5.26 Å². The predicted molar refractivity (Wildman–Crippen MR) is 98.9 cm³/mol. The standard InChI is InChI=1S/C22H23NO3/c1-20(2)21(3,4)22(20,19(24)25)18(14-23)15-9-8-12-17(13-15)26-16-10-6-5-7-11-16/h5-13,18H,1-4H3,(H,24,25). The molecule has 0 aliphatic heterocycles. The summed E-state index contributed by atoms with van der Waals surface area (Å²) in [6.07, 6.45) is 0. The Hall–Kier alpha value is -2.80. The van der Waals surface area contributed by atoms with E-state index in [1.165, 1.54) is 0 Å². The monoisotopic (exact) mass is 349 g/mol. The van der Waals surface area contributed by atoms with Gasteiger partial charge in [0, 0.05) is 0 Å². The largest absolute Gasteiger partial charge is 0.481 e. The Morgan fingerprint density at radius 3 is 2.08 bits per heavy atom. The minimum absolute atomic E-state index is 0.497. The molecule has 1 unspecified atom stereocenters. The molecule has 0 radical (unpaired) electrons. The van der Waals surface area contributed by atoms with E-state index in [1.807, 2.05) is 64.1 Å². The minimum Gasteiger partial charge on any atom is -0.481 e. The van der Waals surface area contributed by atoms with Crippen molar-refractivity contribution in [3.05, 3.63) is 60.2 Å². The average Bonchev–Trinajstić information content (AvgIpc) is 2.96. The molecule has 4 nitrogen and oxygen atoms in total. The maximum absolute atomic E-state index is 12.3. The van der Waals surface area contributed by atoms with Gasteiger partial charge in [0.1, 0.15) is 11.5 Å². The Morgan fingerprint density at radius 1 is 1.00 bits per heavy atom. The van der Waals surface area contributed by atoms with Crippen molar-refractivity contribution in [2.75, 3.05) is 0 Å². The maximum Gasteiger partial charge on any atom is 0.312 e. The molecule has 2 aromatic carbocycles. The number of ether oxygens (including phenoxy) is 1. The van der Waals surface area contributed by atoms with E-state index in [-0.39, 0.29) is 0 Å². The Labute approximate surface area is 154 Å². The smallest absolute Gasteiger partial charge is 0.312 e. The van der Waals surface area contributed by atoms with Crippen molar-refractivity contribution in [2.45, 2.75) is 33.6 Å². The molecule has 0 spiro atoms. The molecule has 0 aromatic heterocycles. The third-order valence-corrected chi connectivity index (χ3v) is 6.54. The van der Waals surface area contributed by atoms with Crippen LogP contribution in [0.3, 0.4) is 0 Å². The van der Waals surface area contributed by atoms with Crippen LogP contribution >= 0.6 is 0 Å². The van der Waals surface area contributed by atoms with Crippen molar-refractivity contribution in [1.82, 2.24) is 0 Å². The van der Waals surface area contributed by atoms with E-state index in [9.17, 15) is 15.2 Å². The second kappa shape index (κ2) is 5.88. The van der Waals surface area contributed by atoms with Crippen LogP contribution in [-0.2, 0) is 4.79 Å². The summed E-state index contributed by atoms with van der Waals surface area (Å²) >= 11 is 0. The Morgan fingerprint density at radius 2 is 1.58 bits per heavy atom. The first kappa shape index (κ1) is 18.0. The normalized spacial score (nSPS) is 19.8. The zero-order chi connectivity index (χ0) is 19.2. The number of carboxylic acid groups (broad SMARTS) is 1. The predicted octanol–water partition coefficient (Wildman–Crippen LogP) is 5.22. The van der Waals surface area contributed by atoms with Crippen LogP contribution in [0.2, 0.25) is 0 Å². The van der Waals surface area contributed by atoms with Crippen LogP contribution in [0.4, 0.5) is 0 Å². The van der Waals surface area contributed by atoms with Crippen LogP contribution < -0.4 is 4.74 Å². The topological polar surface area (TPSA) is 70.3 Å². The summed E-state index contributed by atoms with van der Waals surface area (Å²) in [5.74, 6) is -0.401. The first-order valence-corrected chi connectivity index (χ1v) is 8.66. The Bertz CT molecular complexity index is 864. The summed E-state index contributed by atoms with van der Waals surface area (Å²) < 4.78 is 5.85. The van der Waals surface area contributed by atoms with E-state index in [2.05, 4.69) is 6.07 Å². The zero-order valence-electron chi connectivity index (χ0n) is 15.5. The van der Waals surface area contributed by atoms with E-state index < -0.39 is 28.1 Å². The third kappa shape index (κ3) is 2.24. The molecule has 1 atom stereocenters. The number of nitrogens with zero attached hydrogens (tertiary/aromatic N) is 1. The number of carboxylic acids is 1. The maximum atomic E-state index is 12.3. The van der Waals surface area contributed by atoms with Crippen LogP contribution in [0.25, 0.3) is 0 Å². The molecule has 0 heterocycles. The summed E-state index contributed by atoms with van der Waals surface area (Å²) in [4.78, 5) is 12.3. The highest BCUT2D eigenvalue weighted by atomic mass is 16.5. The quantitative estimate of drug-likeness (QED) is 0.803. The van der Waals surface area contributed by atoms with Gasteiger partial charge in [-0.2, -0.15) is 5.26 Å². The van der Waals surface area contributed by atoms with Gasteiger partial charge < -0.3 is 9.84 Å². The molecular formula is C22H23NO3. The fraction of sp³-hybridized carbons (Fsp3) is 0.364. The molecule has 1 N–H and O–H groups in total. The molecule has 4 heteroatoms. The molecule has 2 aromatic rings. The average molecular weight is 349 g/mol. The van der Waals surface area contributed by atoms with Crippen LogP contribution in [0.5, 0.6) is 11.5 Å². The molecule has 1 aliphatic rings. The molecular weight excluding hydrogens is 326 g/mol. The van der Waals surface area contributed by atoms with Crippen molar-refractivity contribution in [2.24, 2.45) is 16.2 Å². The minimum atomic E-state index is -1.14. The summed E-state index contributed by atoms with van der Waals surface area (Å²) in [6.45, 7) is 7.71. The van der Waals surface area contributed by atoms with Crippen molar-refractivity contribution < 1.29 is 14.6 Å². The van der Waals surface area contributed by atoms with Gasteiger partial charge in [0.2, 0.25) is 0 Å². The molecule has 1 fully saturated rings. The fourth-order valence-electron chi connectivity index (χ4n) is 4.54. The van der Waals surface area contributed by atoms with Gasteiger partial charge >= 0.3 is 5.97 Å². The van der Waals surface area contributed by atoms with Crippen LogP contribution in [0, 0.1) is 27.6 Å². The number of aliphatic carboxylic acids is 1. The van der Waals surface area contributed by atoms with E-state index in [4.69, 9.17) is 4.74 Å². The van der Waals surface area contributed by atoms with Crippen LogP contribution in [0.1, 0.15) is 39.2 Å². The molecule has 134 valence electrons. The molecule has 26 heavy (non-hydrogen) atoms. The summed E-state index contributed by atoms with van der Waals surface area (Å²) in [5, 5.41) is 20.0. The molecule has 1 saturated carbocycles. The highest BCUT2D eigenvalue weighted by Gasteiger charge is 2.84. The van der Waals surface area contributed by atoms with Crippen LogP contribution in [-0.4, -0.2) is 11.1 Å². The first-order valence-electron chi connectivity index (χ1n) is 8.66. The highest BCUT2D eigenvalue weighted by molar-refractivity contribution is 5.84. The van der Waals surface area contributed by atoms with E-state index in [0.29, 0.717) is 17.1 Å². The molecule has 3 rings (SSSR count). The first-order chi connectivity index (χ1) is 12.2. The van der Waals surface area contributed by atoms with Gasteiger partial charge in [-0.1, -0.05) is 58.0 Å². The summed E-state index contributed by atoms with van der Waals surface area (Å²) in [6, 6.07) is 18.8. The summed E-state index contributed by atoms with van der Waals surface area (Å²) in [7, 11) is 0. The number of hydrogen-bond donors (Lipinski definition) is 1. The van der Waals surface area contributed by atoms with Crippen LogP contribution in [0.15, 0.2) is 54.6 Å². The van der Waals surface area contributed by atoms with Gasteiger partial charge in [0.15, 0.2) is 0 Å². The fourth-order valence-corrected chi connectivity index (χ4v) is 4.54. The lowest BCUT2D eigenvalue weighted by atomic mass is 9.77. The number of nitriles is 1. The Kier molecular flexibility index (Phi) is 4.07. The van der Waals surface area contributed by atoms with Gasteiger partial charge in [0.05, 0.1) is 17.4 Å². The van der Waals surface area contributed by atoms with Gasteiger partial charge in [-0.25, -0.2) is 0 Å². The van der Waals surface area contributed by atoms with E-state index >= 15 is 0 Å². The number of benzene rings is 2. The SMILES string of the molecule is CC1(C)C(C)(C)C1(C(=O)O)C(C#N)c1cccc(Oc2ccccc2)c1. The zero-order valence-corrected chi connectivity index (χ0v) is 15.5. The van der Waals surface area contributed by atoms with Gasteiger partial charge in [0.25, 0.3) is 0 Å². The third-order valence-electron chi connectivity index (χ3n) is 6.54. The lowest BCUT2D eigenvalue weighted by molar-refractivity contribution is -0.146. The number of hydrogen-bond acceptors (Lipinski definition) is 3. The van der Waals surface area contributed by atoms with Crippen molar-refractivity contribution >= 4 is 5.97 Å². The second-order valence-corrected chi connectivity index (χ2v) is 7.91.